The Morgan fingerprint density at radius 2 is 1.70 bits per heavy atom. The van der Waals surface area contributed by atoms with Crippen LogP contribution in [0.5, 0.6) is 5.75 Å². The first kappa shape index (κ1) is 18.2. The zero-order valence-electron chi connectivity index (χ0n) is 14.2. The highest BCUT2D eigenvalue weighted by Gasteiger charge is 2.36. The van der Waals surface area contributed by atoms with Crippen LogP contribution in [0, 0.1) is 0 Å². The fourth-order valence-corrected chi connectivity index (χ4v) is 3.18. The summed E-state index contributed by atoms with van der Waals surface area (Å²) < 4.78 is 16.4. The average molecular weight is 323 g/mol. The van der Waals surface area contributed by atoms with Gasteiger partial charge in [-0.05, 0) is 31.4 Å². The minimum Gasteiger partial charge on any atom is -0.488 e. The van der Waals surface area contributed by atoms with E-state index in [0.29, 0.717) is 13.2 Å². The number of methoxy groups -OCH3 is 2. The van der Waals surface area contributed by atoms with Crippen LogP contribution in [0.15, 0.2) is 30.3 Å². The third-order valence-electron chi connectivity index (χ3n) is 4.43. The van der Waals surface area contributed by atoms with Gasteiger partial charge in [0.05, 0.1) is 13.2 Å². The van der Waals surface area contributed by atoms with Gasteiger partial charge in [0.25, 0.3) is 0 Å². The van der Waals surface area contributed by atoms with Crippen molar-refractivity contribution < 1.29 is 19.3 Å². The highest BCUT2D eigenvalue weighted by atomic mass is 16.5. The van der Waals surface area contributed by atoms with E-state index < -0.39 is 6.10 Å². The van der Waals surface area contributed by atoms with Gasteiger partial charge in [-0.25, -0.2) is 0 Å². The quantitative estimate of drug-likeness (QED) is 0.753. The van der Waals surface area contributed by atoms with Crippen LogP contribution in [0.3, 0.4) is 0 Å². The van der Waals surface area contributed by atoms with Crippen molar-refractivity contribution in [2.75, 3.05) is 40.5 Å². The molecule has 0 unspecified atom stereocenters. The van der Waals surface area contributed by atoms with Gasteiger partial charge in [0.15, 0.2) is 0 Å². The predicted octanol–water partition coefficient (Wildman–Crippen LogP) is 1.94. The minimum atomic E-state index is -0.502. The Morgan fingerprint density at radius 3 is 2.30 bits per heavy atom. The molecule has 1 aromatic carbocycles. The molecule has 1 aromatic rings. The zero-order chi connectivity index (χ0) is 16.5. The molecule has 1 N–H and O–H groups in total. The van der Waals surface area contributed by atoms with Crippen LogP contribution in [-0.2, 0) is 9.47 Å². The van der Waals surface area contributed by atoms with E-state index in [1.807, 2.05) is 30.3 Å². The van der Waals surface area contributed by atoms with Crippen LogP contribution in [0.2, 0.25) is 0 Å². The molecule has 23 heavy (non-hydrogen) atoms. The van der Waals surface area contributed by atoms with E-state index in [1.165, 1.54) is 0 Å². The second-order valence-electron chi connectivity index (χ2n) is 5.98. The van der Waals surface area contributed by atoms with E-state index >= 15 is 0 Å². The van der Waals surface area contributed by atoms with Gasteiger partial charge in [-0.1, -0.05) is 18.2 Å². The van der Waals surface area contributed by atoms with Gasteiger partial charge in [0.2, 0.25) is 0 Å². The largest absolute Gasteiger partial charge is 0.488 e. The number of rotatable bonds is 9. The molecule has 1 aliphatic carbocycles. The molecule has 5 nitrogen and oxygen atoms in total. The fourth-order valence-electron chi connectivity index (χ4n) is 3.18. The molecule has 0 heterocycles. The highest BCUT2D eigenvalue weighted by Crippen LogP contribution is 2.27. The molecule has 1 aliphatic rings. The molecule has 130 valence electrons. The SMILES string of the molecule is COCCN(CCOC)[C@H]1CCC[C@@H](Oc2ccccc2)[C@@H]1O. The van der Waals surface area contributed by atoms with Crippen molar-refractivity contribution in [2.45, 2.75) is 37.5 Å². The Morgan fingerprint density at radius 1 is 1.04 bits per heavy atom. The van der Waals surface area contributed by atoms with E-state index in [1.54, 1.807) is 14.2 Å². The summed E-state index contributed by atoms with van der Waals surface area (Å²) >= 11 is 0. The summed E-state index contributed by atoms with van der Waals surface area (Å²) in [6, 6.07) is 9.82. The number of para-hydroxylation sites is 1. The first-order valence-electron chi connectivity index (χ1n) is 8.38. The van der Waals surface area contributed by atoms with E-state index in [-0.39, 0.29) is 12.1 Å². The van der Waals surface area contributed by atoms with Crippen LogP contribution < -0.4 is 4.74 Å². The molecule has 1 saturated carbocycles. The summed E-state index contributed by atoms with van der Waals surface area (Å²) in [7, 11) is 3.40. The van der Waals surface area contributed by atoms with Crippen molar-refractivity contribution in [3.05, 3.63) is 30.3 Å². The van der Waals surface area contributed by atoms with E-state index in [0.717, 1.165) is 38.1 Å². The van der Waals surface area contributed by atoms with Crippen LogP contribution >= 0.6 is 0 Å². The lowest BCUT2D eigenvalue weighted by molar-refractivity contribution is -0.0612. The number of aliphatic hydroxyl groups is 1. The summed E-state index contributed by atoms with van der Waals surface area (Å²) in [4.78, 5) is 2.26. The van der Waals surface area contributed by atoms with Crippen molar-refractivity contribution in [1.82, 2.24) is 4.90 Å². The monoisotopic (exact) mass is 323 g/mol. The van der Waals surface area contributed by atoms with Gasteiger partial charge in [-0.15, -0.1) is 0 Å². The third kappa shape index (κ3) is 5.46. The molecule has 5 heteroatoms. The number of nitrogens with zero attached hydrogens (tertiary/aromatic N) is 1. The summed E-state index contributed by atoms with van der Waals surface area (Å²) in [6.45, 7) is 2.88. The summed E-state index contributed by atoms with van der Waals surface area (Å²) in [5.41, 5.74) is 0. The van der Waals surface area contributed by atoms with Gasteiger partial charge in [0.1, 0.15) is 18.0 Å². The molecule has 0 radical (unpaired) electrons. The predicted molar refractivity (Wildman–Crippen MR) is 89.8 cm³/mol. The number of hydrogen-bond donors (Lipinski definition) is 1. The van der Waals surface area contributed by atoms with Gasteiger partial charge in [-0.2, -0.15) is 0 Å². The molecule has 0 bridgehead atoms. The van der Waals surface area contributed by atoms with E-state index in [4.69, 9.17) is 14.2 Å². The van der Waals surface area contributed by atoms with E-state index in [9.17, 15) is 5.11 Å². The Kier molecular flexibility index (Phi) is 7.82. The highest BCUT2D eigenvalue weighted by molar-refractivity contribution is 5.21. The normalized spacial score (nSPS) is 24.8. The maximum Gasteiger partial charge on any atom is 0.126 e. The third-order valence-corrected chi connectivity index (χ3v) is 4.43. The molecule has 0 saturated heterocycles. The van der Waals surface area contributed by atoms with Gasteiger partial charge >= 0.3 is 0 Å². The molecule has 2 rings (SSSR count). The molecule has 0 amide bonds. The van der Waals surface area contributed by atoms with Crippen molar-refractivity contribution in [3.63, 3.8) is 0 Å². The molecular weight excluding hydrogens is 294 g/mol. The number of ether oxygens (including phenoxy) is 3. The van der Waals surface area contributed by atoms with Gasteiger partial charge < -0.3 is 19.3 Å². The maximum atomic E-state index is 10.8. The zero-order valence-corrected chi connectivity index (χ0v) is 14.2. The summed E-state index contributed by atoms with van der Waals surface area (Å²) in [6.07, 6.45) is 2.25. The first-order chi connectivity index (χ1) is 11.3. The van der Waals surface area contributed by atoms with Crippen LogP contribution in [0.4, 0.5) is 0 Å². The second-order valence-corrected chi connectivity index (χ2v) is 5.98. The smallest absolute Gasteiger partial charge is 0.126 e. The minimum absolute atomic E-state index is 0.0859. The van der Waals surface area contributed by atoms with Crippen molar-refractivity contribution in [3.8, 4) is 5.75 Å². The van der Waals surface area contributed by atoms with Crippen molar-refractivity contribution in [1.29, 1.82) is 0 Å². The fraction of sp³-hybridized carbons (Fsp3) is 0.667. The maximum absolute atomic E-state index is 10.8. The van der Waals surface area contributed by atoms with Crippen molar-refractivity contribution in [2.24, 2.45) is 0 Å². The molecular formula is C18H29NO4. The van der Waals surface area contributed by atoms with Crippen molar-refractivity contribution >= 4 is 0 Å². The number of benzene rings is 1. The van der Waals surface area contributed by atoms with Crippen LogP contribution in [0.25, 0.3) is 0 Å². The Labute approximate surface area is 139 Å². The molecule has 3 atom stereocenters. The standard InChI is InChI=1S/C18H29NO4/c1-21-13-11-19(12-14-22-2)16-9-6-10-17(18(16)20)23-15-7-4-3-5-8-15/h3-5,7-8,16-18,20H,6,9-14H2,1-2H3/t16-,17+,18+/m0/s1. The molecule has 1 fully saturated rings. The molecule has 0 aliphatic heterocycles. The molecule has 0 aromatic heterocycles. The van der Waals surface area contributed by atoms with Gasteiger partial charge in [0, 0.05) is 33.4 Å². The molecule has 0 spiro atoms. The topological polar surface area (TPSA) is 51.2 Å². The lowest BCUT2D eigenvalue weighted by Crippen LogP contribution is -2.54. The number of hydrogen-bond acceptors (Lipinski definition) is 5. The number of aliphatic hydroxyl groups excluding tert-OH is 1. The summed E-state index contributed by atoms with van der Waals surface area (Å²) in [5, 5.41) is 10.8. The Hall–Kier alpha value is -1.14. The lowest BCUT2D eigenvalue weighted by Gasteiger charge is -2.41. The van der Waals surface area contributed by atoms with Crippen LogP contribution in [-0.4, -0.2) is 68.8 Å². The first-order valence-corrected chi connectivity index (χ1v) is 8.38. The van der Waals surface area contributed by atoms with E-state index in [2.05, 4.69) is 4.90 Å². The van der Waals surface area contributed by atoms with Crippen LogP contribution in [0.1, 0.15) is 19.3 Å². The summed E-state index contributed by atoms with van der Waals surface area (Å²) in [5.74, 6) is 0.817. The second kappa shape index (κ2) is 9.88. The Balaban J connectivity index is 1.99. The lowest BCUT2D eigenvalue weighted by atomic mass is 9.88. The Bertz CT molecular complexity index is 420. The van der Waals surface area contributed by atoms with Gasteiger partial charge in [-0.3, -0.25) is 4.90 Å². The average Bonchev–Trinajstić information content (AvgIpc) is 2.58.